The SMILES string of the molecule is Cc1cc(Br)oc1C(C)(C)CCN. The molecular formula is C10H16BrNO. The van der Waals surface area contributed by atoms with Crippen molar-refractivity contribution in [2.75, 3.05) is 6.54 Å². The minimum Gasteiger partial charge on any atom is -0.454 e. The van der Waals surface area contributed by atoms with Crippen LogP contribution in [0.4, 0.5) is 0 Å². The highest BCUT2D eigenvalue weighted by Crippen LogP contribution is 2.32. The maximum absolute atomic E-state index is 5.59. The van der Waals surface area contributed by atoms with Crippen LogP contribution < -0.4 is 5.73 Å². The average Bonchev–Trinajstić information content (AvgIpc) is 2.30. The van der Waals surface area contributed by atoms with Gasteiger partial charge in [0.05, 0.1) is 0 Å². The van der Waals surface area contributed by atoms with Crippen molar-refractivity contribution in [2.24, 2.45) is 5.73 Å². The van der Waals surface area contributed by atoms with Gasteiger partial charge in [-0.05, 0) is 47.4 Å². The van der Waals surface area contributed by atoms with E-state index in [1.54, 1.807) is 0 Å². The highest BCUT2D eigenvalue weighted by molar-refractivity contribution is 9.10. The molecule has 1 aromatic rings. The predicted molar refractivity (Wildman–Crippen MR) is 57.8 cm³/mol. The van der Waals surface area contributed by atoms with Gasteiger partial charge in [-0.25, -0.2) is 0 Å². The predicted octanol–water partition coefficient (Wildman–Crippen LogP) is 2.98. The van der Waals surface area contributed by atoms with Crippen LogP contribution in [-0.4, -0.2) is 6.54 Å². The van der Waals surface area contributed by atoms with Crippen LogP contribution >= 0.6 is 15.9 Å². The maximum atomic E-state index is 5.59. The Morgan fingerprint density at radius 2 is 2.15 bits per heavy atom. The molecule has 1 aromatic heterocycles. The van der Waals surface area contributed by atoms with E-state index < -0.39 is 0 Å². The molecule has 0 aliphatic carbocycles. The zero-order valence-electron chi connectivity index (χ0n) is 8.36. The van der Waals surface area contributed by atoms with E-state index in [-0.39, 0.29) is 5.41 Å². The lowest BCUT2D eigenvalue weighted by Gasteiger charge is -2.21. The summed E-state index contributed by atoms with van der Waals surface area (Å²) in [4.78, 5) is 0. The topological polar surface area (TPSA) is 39.2 Å². The second kappa shape index (κ2) is 3.84. The quantitative estimate of drug-likeness (QED) is 0.890. The van der Waals surface area contributed by atoms with E-state index in [4.69, 9.17) is 10.2 Å². The van der Waals surface area contributed by atoms with Gasteiger partial charge in [0.2, 0.25) is 0 Å². The summed E-state index contributed by atoms with van der Waals surface area (Å²) in [6.45, 7) is 7.04. The van der Waals surface area contributed by atoms with Crippen LogP contribution in [0.2, 0.25) is 0 Å². The Balaban J connectivity index is 2.98. The average molecular weight is 246 g/mol. The zero-order chi connectivity index (χ0) is 10.1. The Morgan fingerprint density at radius 1 is 1.54 bits per heavy atom. The summed E-state index contributed by atoms with van der Waals surface area (Å²) in [5.41, 5.74) is 6.77. The Kier molecular flexibility index (Phi) is 3.19. The van der Waals surface area contributed by atoms with Gasteiger partial charge in [-0.3, -0.25) is 0 Å². The van der Waals surface area contributed by atoms with Crippen LogP contribution in [0.5, 0.6) is 0 Å². The Bertz CT molecular complexity index is 291. The smallest absolute Gasteiger partial charge is 0.169 e. The Hall–Kier alpha value is -0.280. The van der Waals surface area contributed by atoms with Crippen molar-refractivity contribution in [3.05, 3.63) is 22.1 Å². The van der Waals surface area contributed by atoms with E-state index in [9.17, 15) is 0 Å². The van der Waals surface area contributed by atoms with E-state index in [0.717, 1.165) is 16.9 Å². The molecule has 3 heteroatoms. The molecule has 2 nitrogen and oxygen atoms in total. The van der Waals surface area contributed by atoms with Crippen LogP contribution in [0.1, 0.15) is 31.6 Å². The minimum atomic E-state index is 0.0326. The molecular weight excluding hydrogens is 230 g/mol. The third-order valence-corrected chi connectivity index (χ3v) is 2.66. The van der Waals surface area contributed by atoms with Gasteiger partial charge in [-0.15, -0.1) is 0 Å². The second-order valence-electron chi connectivity index (χ2n) is 3.99. The fourth-order valence-electron chi connectivity index (χ4n) is 1.59. The summed E-state index contributed by atoms with van der Waals surface area (Å²) >= 11 is 3.33. The molecule has 74 valence electrons. The number of rotatable bonds is 3. The molecule has 0 aromatic carbocycles. The Labute approximate surface area is 87.6 Å². The molecule has 0 bridgehead atoms. The molecule has 0 saturated carbocycles. The first-order valence-corrected chi connectivity index (χ1v) is 5.23. The number of aryl methyl sites for hydroxylation is 1. The molecule has 0 radical (unpaired) electrons. The fraction of sp³-hybridized carbons (Fsp3) is 0.600. The van der Waals surface area contributed by atoms with E-state index >= 15 is 0 Å². The molecule has 0 aliphatic rings. The summed E-state index contributed by atoms with van der Waals surface area (Å²) in [7, 11) is 0. The van der Waals surface area contributed by atoms with E-state index in [1.807, 2.05) is 6.07 Å². The van der Waals surface area contributed by atoms with Crippen LogP contribution in [0.25, 0.3) is 0 Å². The minimum absolute atomic E-state index is 0.0326. The van der Waals surface area contributed by atoms with Crippen molar-refractivity contribution < 1.29 is 4.42 Å². The fourth-order valence-corrected chi connectivity index (χ4v) is 2.09. The van der Waals surface area contributed by atoms with Crippen molar-refractivity contribution >= 4 is 15.9 Å². The van der Waals surface area contributed by atoms with Crippen LogP contribution in [-0.2, 0) is 5.41 Å². The highest BCUT2D eigenvalue weighted by atomic mass is 79.9. The number of halogens is 1. The lowest BCUT2D eigenvalue weighted by molar-refractivity contribution is 0.357. The summed E-state index contributed by atoms with van der Waals surface area (Å²) in [5.74, 6) is 1.03. The first-order valence-electron chi connectivity index (χ1n) is 4.44. The first kappa shape index (κ1) is 10.8. The zero-order valence-corrected chi connectivity index (χ0v) is 9.94. The van der Waals surface area contributed by atoms with Gasteiger partial charge in [0.1, 0.15) is 5.76 Å². The lowest BCUT2D eigenvalue weighted by atomic mass is 9.85. The molecule has 0 amide bonds. The van der Waals surface area contributed by atoms with Gasteiger partial charge >= 0.3 is 0 Å². The van der Waals surface area contributed by atoms with Crippen LogP contribution in [0.3, 0.4) is 0 Å². The summed E-state index contributed by atoms with van der Waals surface area (Å²) in [6.07, 6.45) is 0.938. The first-order chi connectivity index (χ1) is 5.97. The molecule has 1 heterocycles. The molecule has 1 rings (SSSR count). The molecule has 13 heavy (non-hydrogen) atoms. The number of furan rings is 1. The molecule has 0 spiro atoms. The third kappa shape index (κ3) is 2.35. The van der Waals surface area contributed by atoms with E-state index in [1.165, 1.54) is 5.56 Å². The lowest BCUT2D eigenvalue weighted by Crippen LogP contribution is -2.21. The highest BCUT2D eigenvalue weighted by Gasteiger charge is 2.25. The van der Waals surface area contributed by atoms with Gasteiger partial charge < -0.3 is 10.2 Å². The maximum Gasteiger partial charge on any atom is 0.169 e. The van der Waals surface area contributed by atoms with Crippen molar-refractivity contribution in [3.63, 3.8) is 0 Å². The molecule has 2 N–H and O–H groups in total. The molecule has 0 atom stereocenters. The van der Waals surface area contributed by atoms with Gasteiger partial charge in [0.25, 0.3) is 0 Å². The second-order valence-corrected chi connectivity index (χ2v) is 4.77. The number of nitrogens with two attached hydrogens (primary N) is 1. The molecule has 0 fully saturated rings. The summed E-state index contributed by atoms with van der Waals surface area (Å²) < 4.78 is 6.39. The van der Waals surface area contributed by atoms with Crippen molar-refractivity contribution in [1.82, 2.24) is 0 Å². The molecule has 0 saturated heterocycles. The summed E-state index contributed by atoms with van der Waals surface area (Å²) in [6, 6.07) is 1.99. The van der Waals surface area contributed by atoms with Gasteiger partial charge in [-0.2, -0.15) is 0 Å². The normalized spacial score (nSPS) is 12.1. The van der Waals surface area contributed by atoms with Crippen LogP contribution in [0, 0.1) is 6.92 Å². The number of hydrogen-bond donors (Lipinski definition) is 1. The van der Waals surface area contributed by atoms with Crippen LogP contribution in [0.15, 0.2) is 15.2 Å². The number of hydrogen-bond acceptors (Lipinski definition) is 2. The Morgan fingerprint density at radius 3 is 2.54 bits per heavy atom. The van der Waals surface area contributed by atoms with E-state index in [2.05, 4.69) is 36.7 Å². The van der Waals surface area contributed by atoms with Crippen molar-refractivity contribution in [1.29, 1.82) is 0 Å². The van der Waals surface area contributed by atoms with Gasteiger partial charge in [-0.1, -0.05) is 13.8 Å². The van der Waals surface area contributed by atoms with Gasteiger partial charge in [0.15, 0.2) is 4.67 Å². The van der Waals surface area contributed by atoms with E-state index in [0.29, 0.717) is 6.54 Å². The van der Waals surface area contributed by atoms with Crippen molar-refractivity contribution in [3.8, 4) is 0 Å². The van der Waals surface area contributed by atoms with Gasteiger partial charge in [0, 0.05) is 5.41 Å². The van der Waals surface area contributed by atoms with Crippen molar-refractivity contribution in [2.45, 2.75) is 32.6 Å². The third-order valence-electron chi connectivity index (χ3n) is 2.27. The monoisotopic (exact) mass is 245 g/mol. The largest absolute Gasteiger partial charge is 0.454 e. The summed E-state index contributed by atoms with van der Waals surface area (Å²) in [5, 5.41) is 0. The molecule has 0 aliphatic heterocycles. The standard InChI is InChI=1S/C10H16BrNO/c1-7-6-8(11)13-9(7)10(2,3)4-5-12/h6H,4-5,12H2,1-3H3. The molecule has 0 unspecified atom stereocenters.